The first kappa shape index (κ1) is 12.8. The third kappa shape index (κ3) is 1.87. The van der Waals surface area contributed by atoms with Crippen LogP contribution in [0.15, 0.2) is 36.7 Å². The number of fused-ring (bicyclic) bond motifs is 2. The fourth-order valence-corrected chi connectivity index (χ4v) is 4.44. The molecule has 0 N–H and O–H groups in total. The molecule has 1 saturated carbocycles. The highest BCUT2D eigenvalue weighted by Crippen LogP contribution is 2.55. The van der Waals surface area contributed by atoms with Crippen LogP contribution in [-0.4, -0.2) is 15.6 Å². The molecule has 1 atom stereocenters. The zero-order valence-electron chi connectivity index (χ0n) is 12.4. The lowest BCUT2D eigenvalue weighted by Crippen LogP contribution is -2.35. The van der Waals surface area contributed by atoms with Gasteiger partial charge in [-0.3, -0.25) is 9.48 Å². The summed E-state index contributed by atoms with van der Waals surface area (Å²) >= 11 is 0. The van der Waals surface area contributed by atoms with Crippen LogP contribution in [0.3, 0.4) is 0 Å². The largest absolute Gasteiger partial charge is 0.300 e. The van der Waals surface area contributed by atoms with Crippen LogP contribution in [0.2, 0.25) is 0 Å². The van der Waals surface area contributed by atoms with Gasteiger partial charge in [-0.25, -0.2) is 0 Å². The Morgan fingerprint density at radius 2 is 2.00 bits per heavy atom. The number of hydrogen-bond donors (Lipinski definition) is 0. The number of aromatic nitrogens is 2. The molecule has 1 fully saturated rings. The van der Waals surface area contributed by atoms with Gasteiger partial charge in [0.05, 0.1) is 6.20 Å². The van der Waals surface area contributed by atoms with E-state index in [1.165, 1.54) is 16.7 Å². The molecule has 1 heterocycles. The number of rotatable bonds is 1. The van der Waals surface area contributed by atoms with Crippen LogP contribution in [-0.2, 0) is 23.7 Å². The number of aryl methyl sites for hydroxylation is 1. The van der Waals surface area contributed by atoms with Crippen LogP contribution in [0.4, 0.5) is 0 Å². The topological polar surface area (TPSA) is 34.9 Å². The minimum atomic E-state index is 0.146. The Balaban J connectivity index is 1.82. The average molecular weight is 280 g/mol. The van der Waals surface area contributed by atoms with Gasteiger partial charge in [-0.1, -0.05) is 24.3 Å². The van der Waals surface area contributed by atoms with Gasteiger partial charge in [0.2, 0.25) is 0 Å². The van der Waals surface area contributed by atoms with Crippen LogP contribution >= 0.6 is 0 Å². The minimum absolute atomic E-state index is 0.146. The van der Waals surface area contributed by atoms with Crippen molar-refractivity contribution in [1.82, 2.24) is 9.78 Å². The lowest BCUT2D eigenvalue weighted by molar-refractivity contribution is -0.121. The smallest absolute Gasteiger partial charge is 0.132 e. The Labute approximate surface area is 125 Å². The molecule has 1 unspecified atom stereocenters. The summed E-state index contributed by atoms with van der Waals surface area (Å²) in [5.41, 5.74) is 4.41. The van der Waals surface area contributed by atoms with Crippen LogP contribution in [0.5, 0.6) is 0 Å². The highest BCUT2D eigenvalue weighted by Gasteiger charge is 2.48. The average Bonchev–Trinajstić information content (AvgIpc) is 3.05. The van der Waals surface area contributed by atoms with Crippen molar-refractivity contribution >= 4 is 5.78 Å². The second-order valence-electron chi connectivity index (χ2n) is 6.56. The lowest BCUT2D eigenvalue weighted by Gasteiger charge is -2.39. The van der Waals surface area contributed by atoms with E-state index in [0.717, 1.165) is 32.1 Å². The molecule has 3 heteroatoms. The number of carbonyl (C=O) groups is 1. The summed E-state index contributed by atoms with van der Waals surface area (Å²) in [5, 5.41) is 4.37. The maximum atomic E-state index is 11.7. The Morgan fingerprint density at radius 1 is 1.24 bits per heavy atom. The van der Waals surface area contributed by atoms with Crippen molar-refractivity contribution in [2.24, 2.45) is 7.05 Å². The maximum absolute atomic E-state index is 11.7. The molecule has 3 nitrogen and oxygen atoms in total. The van der Waals surface area contributed by atoms with Gasteiger partial charge >= 0.3 is 0 Å². The van der Waals surface area contributed by atoms with Crippen LogP contribution < -0.4 is 0 Å². The second kappa shape index (κ2) is 4.55. The number of Topliss-reactive ketones (excluding diaryl/α,β-unsaturated/α-hetero) is 1. The molecule has 2 aromatic rings. The van der Waals surface area contributed by atoms with Crippen molar-refractivity contribution in [3.05, 3.63) is 53.3 Å². The molecular weight excluding hydrogens is 260 g/mol. The fourth-order valence-electron chi connectivity index (χ4n) is 4.44. The quantitative estimate of drug-likeness (QED) is 0.804. The van der Waals surface area contributed by atoms with E-state index in [1.807, 2.05) is 17.9 Å². The van der Waals surface area contributed by atoms with Crippen molar-refractivity contribution in [3.63, 3.8) is 0 Å². The number of nitrogens with zero attached hydrogens (tertiary/aromatic N) is 2. The van der Waals surface area contributed by atoms with Gasteiger partial charge in [0.15, 0.2) is 0 Å². The standard InChI is InChI=1S/C18H20N2O/c1-20-12-14(11-19-20)17-10-13-4-2-3-5-16(13)18(17)8-6-15(21)7-9-18/h2-5,11-12,17H,6-10H2,1H3. The molecule has 0 amide bonds. The van der Waals surface area contributed by atoms with E-state index in [4.69, 9.17) is 0 Å². The van der Waals surface area contributed by atoms with Crippen molar-refractivity contribution in [2.75, 3.05) is 0 Å². The molecule has 1 aromatic heterocycles. The molecule has 108 valence electrons. The Kier molecular flexibility index (Phi) is 2.78. The van der Waals surface area contributed by atoms with E-state index >= 15 is 0 Å². The molecule has 2 aliphatic rings. The van der Waals surface area contributed by atoms with Crippen LogP contribution in [0, 0.1) is 0 Å². The minimum Gasteiger partial charge on any atom is -0.300 e. The van der Waals surface area contributed by atoms with Crippen LogP contribution in [0.1, 0.15) is 48.3 Å². The van der Waals surface area contributed by atoms with Crippen molar-refractivity contribution < 1.29 is 4.79 Å². The molecule has 2 aliphatic carbocycles. The number of hydrogen-bond acceptors (Lipinski definition) is 2. The summed E-state index contributed by atoms with van der Waals surface area (Å²) in [6.07, 6.45) is 8.67. The van der Waals surface area contributed by atoms with Gasteiger partial charge in [0, 0.05) is 37.4 Å². The summed E-state index contributed by atoms with van der Waals surface area (Å²) < 4.78 is 1.89. The summed E-state index contributed by atoms with van der Waals surface area (Å²) in [6, 6.07) is 8.81. The summed E-state index contributed by atoms with van der Waals surface area (Å²) in [6.45, 7) is 0. The lowest BCUT2D eigenvalue weighted by atomic mass is 9.63. The Hall–Kier alpha value is -1.90. The molecule has 0 saturated heterocycles. The van der Waals surface area contributed by atoms with Crippen molar-refractivity contribution in [3.8, 4) is 0 Å². The Bertz CT molecular complexity index is 691. The third-order valence-corrected chi connectivity index (χ3v) is 5.47. The maximum Gasteiger partial charge on any atom is 0.132 e. The van der Waals surface area contributed by atoms with Gasteiger partial charge < -0.3 is 0 Å². The van der Waals surface area contributed by atoms with Gasteiger partial charge in [-0.15, -0.1) is 0 Å². The fraction of sp³-hybridized carbons (Fsp3) is 0.444. The first-order valence-corrected chi connectivity index (χ1v) is 7.78. The molecule has 1 aromatic carbocycles. The second-order valence-corrected chi connectivity index (χ2v) is 6.56. The monoisotopic (exact) mass is 280 g/mol. The molecular formula is C18H20N2O. The van der Waals surface area contributed by atoms with Crippen molar-refractivity contribution in [2.45, 2.75) is 43.4 Å². The number of ketones is 1. The third-order valence-electron chi connectivity index (χ3n) is 5.47. The summed E-state index contributed by atoms with van der Waals surface area (Å²) in [7, 11) is 1.97. The first-order chi connectivity index (χ1) is 10.2. The highest BCUT2D eigenvalue weighted by atomic mass is 16.1. The first-order valence-electron chi connectivity index (χ1n) is 7.78. The zero-order chi connectivity index (χ0) is 14.4. The van der Waals surface area contributed by atoms with E-state index in [2.05, 4.69) is 35.6 Å². The summed E-state index contributed by atoms with van der Waals surface area (Å²) in [5.74, 6) is 0.895. The normalized spacial score (nSPS) is 23.5. The highest BCUT2D eigenvalue weighted by molar-refractivity contribution is 5.80. The van der Waals surface area contributed by atoms with Gasteiger partial charge in [-0.2, -0.15) is 5.10 Å². The summed E-state index contributed by atoms with van der Waals surface area (Å²) in [4.78, 5) is 11.7. The van der Waals surface area contributed by atoms with Gasteiger partial charge in [-0.05, 0) is 36.0 Å². The number of benzene rings is 1. The molecule has 0 radical (unpaired) electrons. The zero-order valence-corrected chi connectivity index (χ0v) is 12.4. The molecule has 0 bridgehead atoms. The number of carbonyl (C=O) groups excluding carboxylic acids is 1. The van der Waals surface area contributed by atoms with Crippen molar-refractivity contribution in [1.29, 1.82) is 0 Å². The van der Waals surface area contributed by atoms with Gasteiger partial charge in [0.1, 0.15) is 5.78 Å². The van der Waals surface area contributed by atoms with Gasteiger partial charge in [0.25, 0.3) is 0 Å². The van der Waals surface area contributed by atoms with E-state index in [1.54, 1.807) is 0 Å². The van der Waals surface area contributed by atoms with E-state index in [9.17, 15) is 4.79 Å². The predicted octanol–water partition coefficient (Wildman–Crippen LogP) is 3.14. The Morgan fingerprint density at radius 3 is 2.71 bits per heavy atom. The molecule has 0 aliphatic heterocycles. The SMILES string of the molecule is Cn1cc(C2Cc3ccccc3C23CCC(=O)CC3)cn1. The molecule has 1 spiro atoms. The molecule has 21 heavy (non-hydrogen) atoms. The molecule has 4 rings (SSSR count). The van der Waals surface area contributed by atoms with Crippen LogP contribution in [0.25, 0.3) is 0 Å². The van der Waals surface area contributed by atoms with E-state index in [0.29, 0.717) is 11.7 Å². The van der Waals surface area contributed by atoms with E-state index < -0.39 is 0 Å². The van der Waals surface area contributed by atoms with E-state index in [-0.39, 0.29) is 5.41 Å². The predicted molar refractivity (Wildman–Crippen MR) is 81.2 cm³/mol.